The first-order valence-electron chi connectivity index (χ1n) is 8.09. The molecule has 5 nitrogen and oxygen atoms in total. The van der Waals surface area contributed by atoms with Crippen LogP contribution < -0.4 is 5.32 Å². The molecule has 7 heteroatoms. The number of nitrogens with zero attached hydrogens (tertiary/aromatic N) is 1. The average molecular weight is 372 g/mol. The van der Waals surface area contributed by atoms with E-state index in [-0.39, 0.29) is 17.7 Å². The quantitative estimate of drug-likeness (QED) is 0.625. The summed E-state index contributed by atoms with van der Waals surface area (Å²) in [5, 5.41) is 2.47. The summed E-state index contributed by atoms with van der Waals surface area (Å²) in [6.45, 7) is 1.24. The van der Waals surface area contributed by atoms with Gasteiger partial charge in [-0.25, -0.2) is 4.39 Å². The average Bonchev–Trinajstić information content (AvgIpc) is 2.91. The Balaban J connectivity index is 1.58. The van der Waals surface area contributed by atoms with Gasteiger partial charge < -0.3 is 5.32 Å². The van der Waals surface area contributed by atoms with Gasteiger partial charge in [-0.2, -0.15) is 0 Å². The van der Waals surface area contributed by atoms with Crippen molar-refractivity contribution in [2.24, 2.45) is 0 Å². The Bertz CT molecular complexity index is 809. The zero-order valence-electron chi connectivity index (χ0n) is 14.0. The Morgan fingerprint density at radius 3 is 2.15 bits per heavy atom. The summed E-state index contributed by atoms with van der Waals surface area (Å²) in [5.74, 6) is -1.59. The van der Waals surface area contributed by atoms with Gasteiger partial charge in [0.1, 0.15) is 6.04 Å². The summed E-state index contributed by atoms with van der Waals surface area (Å²) in [5.41, 5.74) is -0.781. The Morgan fingerprint density at radius 2 is 1.58 bits per heavy atom. The van der Waals surface area contributed by atoms with E-state index < -0.39 is 29.3 Å². The second kappa shape index (κ2) is 7.70. The fourth-order valence-electron chi connectivity index (χ4n) is 2.69. The highest BCUT2D eigenvalue weighted by Gasteiger charge is 2.40. The maximum atomic E-state index is 14.1. The van der Waals surface area contributed by atoms with Crippen molar-refractivity contribution in [3.63, 3.8) is 0 Å². The summed E-state index contributed by atoms with van der Waals surface area (Å²) in [6.07, 6.45) is 0. The van der Waals surface area contributed by atoms with Crippen LogP contribution in [0.25, 0.3) is 0 Å². The number of fused-ring (bicyclic) bond motifs is 1. The normalized spacial score (nSPS) is 15.5. The SMILES string of the molecule is C[C@@H](C(=O)NCC(F)Sc1ccccc1)N1C(=O)c2ccccc2C1=O. The van der Waals surface area contributed by atoms with Gasteiger partial charge in [-0.1, -0.05) is 42.1 Å². The van der Waals surface area contributed by atoms with Crippen LogP contribution in [-0.2, 0) is 4.79 Å². The summed E-state index contributed by atoms with van der Waals surface area (Å²) >= 11 is 0.992. The van der Waals surface area contributed by atoms with Gasteiger partial charge >= 0.3 is 0 Å². The minimum absolute atomic E-state index is 0.216. The molecule has 0 aliphatic carbocycles. The minimum atomic E-state index is -1.34. The van der Waals surface area contributed by atoms with E-state index in [1.807, 2.05) is 6.07 Å². The molecule has 3 rings (SSSR count). The number of halogens is 1. The standard InChI is InChI=1S/C19H17FN2O3S/c1-12(22-18(24)14-9-5-6-10-15(14)19(22)25)17(23)21-11-16(20)26-13-7-3-2-4-8-13/h2-10,12,16H,11H2,1H3,(H,21,23)/t12-,16?/m0/s1. The molecule has 0 spiro atoms. The molecule has 1 heterocycles. The van der Waals surface area contributed by atoms with Crippen LogP contribution in [0, 0.1) is 0 Å². The Kier molecular flexibility index (Phi) is 5.37. The van der Waals surface area contributed by atoms with Crippen molar-refractivity contribution in [3.8, 4) is 0 Å². The smallest absolute Gasteiger partial charge is 0.262 e. The maximum Gasteiger partial charge on any atom is 0.262 e. The van der Waals surface area contributed by atoms with Crippen LogP contribution in [-0.4, -0.2) is 40.7 Å². The van der Waals surface area contributed by atoms with Gasteiger partial charge in [-0.05, 0) is 31.2 Å². The molecule has 2 atom stereocenters. The number of rotatable bonds is 6. The Hall–Kier alpha value is -2.67. The molecule has 1 aliphatic heterocycles. The van der Waals surface area contributed by atoms with Gasteiger partial charge in [0.2, 0.25) is 5.91 Å². The van der Waals surface area contributed by atoms with Crippen LogP contribution in [0.15, 0.2) is 59.5 Å². The number of nitrogens with one attached hydrogen (secondary N) is 1. The third-order valence-electron chi connectivity index (χ3n) is 4.04. The Morgan fingerprint density at radius 1 is 1.04 bits per heavy atom. The first kappa shape index (κ1) is 18.1. The molecule has 1 N–H and O–H groups in total. The predicted octanol–water partition coefficient (Wildman–Crippen LogP) is 2.88. The molecule has 0 fully saturated rings. The zero-order chi connectivity index (χ0) is 18.7. The van der Waals surface area contributed by atoms with Gasteiger partial charge in [-0.15, -0.1) is 0 Å². The van der Waals surface area contributed by atoms with E-state index in [1.54, 1.807) is 48.5 Å². The van der Waals surface area contributed by atoms with Crippen LogP contribution in [0.1, 0.15) is 27.6 Å². The maximum absolute atomic E-state index is 14.1. The van der Waals surface area contributed by atoms with Crippen molar-refractivity contribution in [1.29, 1.82) is 0 Å². The molecule has 0 aromatic heterocycles. The number of carbonyl (C=O) groups excluding carboxylic acids is 3. The molecule has 0 saturated carbocycles. The molecule has 0 bridgehead atoms. The largest absolute Gasteiger partial charge is 0.350 e. The van der Waals surface area contributed by atoms with Crippen LogP contribution in [0.5, 0.6) is 0 Å². The third-order valence-corrected chi connectivity index (χ3v) is 5.00. The number of hydrogen-bond donors (Lipinski definition) is 1. The molecule has 1 unspecified atom stereocenters. The third kappa shape index (κ3) is 3.62. The van der Waals surface area contributed by atoms with E-state index in [0.29, 0.717) is 0 Å². The molecule has 1 aliphatic rings. The molecule has 0 radical (unpaired) electrons. The summed E-state index contributed by atoms with van der Waals surface area (Å²) in [4.78, 5) is 38.7. The number of imide groups is 1. The van der Waals surface area contributed by atoms with Crippen molar-refractivity contribution >= 4 is 29.5 Å². The zero-order valence-corrected chi connectivity index (χ0v) is 14.8. The first-order chi connectivity index (χ1) is 12.5. The predicted molar refractivity (Wildman–Crippen MR) is 96.6 cm³/mol. The van der Waals surface area contributed by atoms with Crippen LogP contribution in [0.2, 0.25) is 0 Å². The number of carbonyl (C=O) groups is 3. The van der Waals surface area contributed by atoms with E-state index in [0.717, 1.165) is 21.6 Å². The first-order valence-corrected chi connectivity index (χ1v) is 8.97. The van der Waals surface area contributed by atoms with E-state index in [2.05, 4.69) is 5.32 Å². The van der Waals surface area contributed by atoms with Crippen molar-refractivity contribution in [3.05, 3.63) is 65.7 Å². The van der Waals surface area contributed by atoms with Crippen LogP contribution in [0.3, 0.4) is 0 Å². The van der Waals surface area contributed by atoms with E-state index in [4.69, 9.17) is 0 Å². The molecule has 3 amide bonds. The second-order valence-corrected chi connectivity index (χ2v) is 7.01. The van der Waals surface area contributed by atoms with E-state index in [1.165, 1.54) is 6.92 Å². The van der Waals surface area contributed by atoms with E-state index >= 15 is 0 Å². The highest BCUT2D eigenvalue weighted by atomic mass is 32.2. The lowest BCUT2D eigenvalue weighted by atomic mass is 10.1. The monoisotopic (exact) mass is 372 g/mol. The summed E-state index contributed by atoms with van der Waals surface area (Å²) < 4.78 is 14.1. The number of hydrogen-bond acceptors (Lipinski definition) is 4. The van der Waals surface area contributed by atoms with Gasteiger partial charge in [0.05, 0.1) is 17.7 Å². The molecule has 2 aromatic carbocycles. The fourth-order valence-corrected chi connectivity index (χ4v) is 3.47. The lowest BCUT2D eigenvalue weighted by Crippen LogP contribution is -2.48. The van der Waals surface area contributed by atoms with Crippen LogP contribution in [0.4, 0.5) is 4.39 Å². The number of alkyl halides is 1. The highest BCUT2D eigenvalue weighted by Crippen LogP contribution is 2.25. The number of amides is 3. The molecule has 26 heavy (non-hydrogen) atoms. The van der Waals surface area contributed by atoms with Crippen LogP contribution >= 0.6 is 11.8 Å². The van der Waals surface area contributed by atoms with Crippen molar-refractivity contribution in [2.45, 2.75) is 23.4 Å². The van der Waals surface area contributed by atoms with Gasteiger partial charge in [-0.3, -0.25) is 19.3 Å². The second-order valence-electron chi connectivity index (χ2n) is 5.79. The lowest BCUT2D eigenvalue weighted by Gasteiger charge is -2.22. The summed E-state index contributed by atoms with van der Waals surface area (Å²) in [6, 6.07) is 14.4. The molecule has 134 valence electrons. The number of benzene rings is 2. The topological polar surface area (TPSA) is 66.5 Å². The van der Waals surface area contributed by atoms with Gasteiger partial charge in [0.25, 0.3) is 11.8 Å². The van der Waals surface area contributed by atoms with Crippen molar-refractivity contribution < 1.29 is 18.8 Å². The molecular formula is C19H17FN2O3S. The Labute approximate surface area is 154 Å². The molecular weight excluding hydrogens is 355 g/mol. The van der Waals surface area contributed by atoms with Gasteiger partial charge in [0, 0.05) is 4.90 Å². The number of thioether (sulfide) groups is 1. The fraction of sp³-hybridized carbons (Fsp3) is 0.211. The molecule has 2 aromatic rings. The summed E-state index contributed by atoms with van der Waals surface area (Å²) in [7, 11) is 0. The molecule has 0 saturated heterocycles. The highest BCUT2D eigenvalue weighted by molar-refractivity contribution is 7.99. The van der Waals surface area contributed by atoms with Crippen molar-refractivity contribution in [1.82, 2.24) is 10.2 Å². The van der Waals surface area contributed by atoms with Gasteiger partial charge in [0.15, 0.2) is 5.50 Å². The minimum Gasteiger partial charge on any atom is -0.350 e. The van der Waals surface area contributed by atoms with Crippen molar-refractivity contribution in [2.75, 3.05) is 6.54 Å². The van der Waals surface area contributed by atoms with E-state index in [9.17, 15) is 18.8 Å². The lowest BCUT2D eigenvalue weighted by molar-refractivity contribution is -0.124.